The van der Waals surface area contributed by atoms with Crippen LogP contribution in [0.5, 0.6) is 5.75 Å². The second-order valence-corrected chi connectivity index (χ2v) is 5.98. The van der Waals surface area contributed by atoms with Crippen LogP contribution >= 0.6 is 0 Å². The van der Waals surface area contributed by atoms with Gasteiger partial charge in [-0.1, -0.05) is 19.3 Å². The number of imide groups is 1. The van der Waals surface area contributed by atoms with Crippen molar-refractivity contribution in [2.75, 3.05) is 17.7 Å². The van der Waals surface area contributed by atoms with Crippen LogP contribution in [0.4, 0.5) is 11.4 Å². The van der Waals surface area contributed by atoms with Gasteiger partial charge in [0.2, 0.25) is 11.8 Å². The van der Waals surface area contributed by atoms with Crippen LogP contribution in [-0.2, 0) is 9.59 Å². The number of carbonyl (C=O) groups is 2. The molecule has 0 radical (unpaired) electrons. The molecule has 2 aliphatic rings. The van der Waals surface area contributed by atoms with Crippen molar-refractivity contribution in [1.29, 1.82) is 0 Å². The fraction of sp³-hybridized carbons (Fsp3) is 0.500. The number of nitrogen functional groups attached to an aromatic ring is 1. The molecule has 1 saturated heterocycles. The molecule has 21 heavy (non-hydrogen) atoms. The molecule has 1 spiro atoms. The van der Waals surface area contributed by atoms with Gasteiger partial charge in [0.25, 0.3) is 0 Å². The lowest BCUT2D eigenvalue weighted by Crippen LogP contribution is -2.37. The molecule has 1 saturated carbocycles. The lowest BCUT2D eigenvalue weighted by atomic mass is 9.73. The second kappa shape index (κ2) is 5.06. The SMILES string of the molecule is COc1ccc(N2C(=O)CC3(CCCCC3)C2=O)cc1N. The van der Waals surface area contributed by atoms with Crippen molar-refractivity contribution < 1.29 is 14.3 Å². The molecule has 0 aromatic heterocycles. The van der Waals surface area contributed by atoms with Gasteiger partial charge in [-0.2, -0.15) is 0 Å². The van der Waals surface area contributed by atoms with Crippen molar-refractivity contribution in [3.63, 3.8) is 0 Å². The summed E-state index contributed by atoms with van der Waals surface area (Å²) in [5.74, 6) is 0.369. The Labute approximate surface area is 124 Å². The first-order valence-corrected chi connectivity index (χ1v) is 7.38. The number of ether oxygens (including phenoxy) is 1. The third-order valence-corrected chi connectivity index (χ3v) is 4.68. The average Bonchev–Trinajstić information content (AvgIpc) is 2.70. The van der Waals surface area contributed by atoms with Gasteiger partial charge in [-0.15, -0.1) is 0 Å². The third kappa shape index (κ3) is 2.17. The highest BCUT2D eigenvalue weighted by Gasteiger charge is 2.52. The number of methoxy groups -OCH3 is 1. The molecule has 0 atom stereocenters. The van der Waals surface area contributed by atoms with Crippen LogP contribution in [0.15, 0.2) is 18.2 Å². The van der Waals surface area contributed by atoms with Crippen LogP contribution in [0.3, 0.4) is 0 Å². The average molecular weight is 288 g/mol. The predicted molar refractivity (Wildman–Crippen MR) is 80.0 cm³/mol. The first-order valence-electron chi connectivity index (χ1n) is 7.38. The molecule has 1 aromatic rings. The fourth-order valence-corrected chi connectivity index (χ4v) is 3.54. The van der Waals surface area contributed by atoms with E-state index in [9.17, 15) is 9.59 Å². The number of hydrogen-bond acceptors (Lipinski definition) is 4. The van der Waals surface area contributed by atoms with Crippen LogP contribution in [-0.4, -0.2) is 18.9 Å². The van der Waals surface area contributed by atoms with Crippen molar-refractivity contribution in [2.45, 2.75) is 38.5 Å². The number of anilines is 2. The molecule has 2 fully saturated rings. The summed E-state index contributed by atoms with van der Waals surface area (Å²) < 4.78 is 5.11. The summed E-state index contributed by atoms with van der Waals surface area (Å²) in [7, 11) is 1.54. The minimum atomic E-state index is -0.468. The molecule has 2 amide bonds. The first kappa shape index (κ1) is 13.9. The zero-order valence-electron chi connectivity index (χ0n) is 12.2. The first-order chi connectivity index (χ1) is 10.1. The molecule has 1 aliphatic carbocycles. The molecular weight excluding hydrogens is 268 g/mol. The summed E-state index contributed by atoms with van der Waals surface area (Å²) >= 11 is 0. The fourth-order valence-electron chi connectivity index (χ4n) is 3.54. The van der Waals surface area contributed by atoms with E-state index in [2.05, 4.69) is 0 Å². The minimum Gasteiger partial charge on any atom is -0.495 e. The number of nitrogens with zero attached hydrogens (tertiary/aromatic N) is 1. The number of benzene rings is 1. The van der Waals surface area contributed by atoms with E-state index < -0.39 is 5.41 Å². The van der Waals surface area contributed by atoms with Gasteiger partial charge < -0.3 is 10.5 Å². The topological polar surface area (TPSA) is 72.6 Å². The van der Waals surface area contributed by atoms with Crippen molar-refractivity contribution in [3.05, 3.63) is 18.2 Å². The highest BCUT2D eigenvalue weighted by molar-refractivity contribution is 6.22. The van der Waals surface area contributed by atoms with Gasteiger partial charge in [-0.3, -0.25) is 9.59 Å². The maximum absolute atomic E-state index is 12.8. The van der Waals surface area contributed by atoms with Gasteiger partial charge in [0.1, 0.15) is 5.75 Å². The highest BCUT2D eigenvalue weighted by atomic mass is 16.5. The van der Waals surface area contributed by atoms with E-state index in [1.54, 1.807) is 18.2 Å². The van der Waals surface area contributed by atoms with Gasteiger partial charge >= 0.3 is 0 Å². The predicted octanol–water partition coefficient (Wildman–Crippen LogP) is 2.49. The van der Waals surface area contributed by atoms with Crippen molar-refractivity contribution in [3.8, 4) is 5.75 Å². The lowest BCUT2D eigenvalue weighted by Gasteiger charge is -2.30. The maximum Gasteiger partial charge on any atom is 0.240 e. The summed E-state index contributed by atoms with van der Waals surface area (Å²) in [6.07, 6.45) is 5.17. The highest BCUT2D eigenvalue weighted by Crippen LogP contribution is 2.46. The Kier molecular flexibility index (Phi) is 3.35. The number of hydrogen-bond donors (Lipinski definition) is 1. The zero-order chi connectivity index (χ0) is 15.0. The molecule has 112 valence electrons. The summed E-state index contributed by atoms with van der Waals surface area (Å²) in [6, 6.07) is 5.04. The standard InChI is InChI=1S/C16H20N2O3/c1-21-13-6-5-11(9-12(13)17)18-14(19)10-16(15(18)20)7-3-2-4-8-16/h5-6,9H,2-4,7-8,10,17H2,1H3. The van der Waals surface area contributed by atoms with E-state index in [0.717, 1.165) is 32.1 Å². The van der Waals surface area contributed by atoms with Gasteiger partial charge in [-0.05, 0) is 31.0 Å². The lowest BCUT2D eigenvalue weighted by molar-refractivity contribution is -0.127. The minimum absolute atomic E-state index is 0.0585. The van der Waals surface area contributed by atoms with E-state index in [4.69, 9.17) is 10.5 Å². The Morgan fingerprint density at radius 1 is 1.19 bits per heavy atom. The third-order valence-electron chi connectivity index (χ3n) is 4.68. The molecule has 1 aliphatic heterocycles. The molecule has 5 nitrogen and oxygen atoms in total. The zero-order valence-corrected chi connectivity index (χ0v) is 12.2. The van der Waals surface area contributed by atoms with Crippen LogP contribution in [0.25, 0.3) is 0 Å². The maximum atomic E-state index is 12.8. The molecule has 3 rings (SSSR count). The summed E-state index contributed by atoms with van der Waals surface area (Å²) in [5, 5.41) is 0. The van der Waals surface area contributed by atoms with Crippen LogP contribution in [0.2, 0.25) is 0 Å². The number of rotatable bonds is 2. The van der Waals surface area contributed by atoms with Crippen LogP contribution in [0, 0.1) is 5.41 Å². The number of amides is 2. The van der Waals surface area contributed by atoms with E-state index in [1.807, 2.05) is 0 Å². The van der Waals surface area contributed by atoms with Crippen LogP contribution < -0.4 is 15.4 Å². The van der Waals surface area contributed by atoms with Gasteiger partial charge in [0.05, 0.1) is 23.9 Å². The molecular formula is C16H20N2O3. The molecule has 1 heterocycles. The monoisotopic (exact) mass is 288 g/mol. The number of carbonyl (C=O) groups excluding carboxylic acids is 2. The summed E-state index contributed by atoms with van der Waals surface area (Å²) in [5.41, 5.74) is 6.40. The van der Waals surface area contributed by atoms with Crippen molar-refractivity contribution >= 4 is 23.2 Å². The Hall–Kier alpha value is -2.04. The largest absolute Gasteiger partial charge is 0.495 e. The van der Waals surface area contributed by atoms with E-state index in [-0.39, 0.29) is 11.8 Å². The normalized spacial score (nSPS) is 21.1. The van der Waals surface area contributed by atoms with Gasteiger partial charge in [-0.25, -0.2) is 4.90 Å². The van der Waals surface area contributed by atoms with Crippen molar-refractivity contribution in [2.24, 2.45) is 5.41 Å². The smallest absolute Gasteiger partial charge is 0.240 e. The van der Waals surface area contributed by atoms with Gasteiger partial charge in [0.15, 0.2) is 0 Å². The quantitative estimate of drug-likeness (QED) is 0.670. The molecule has 0 unspecified atom stereocenters. The van der Waals surface area contributed by atoms with E-state index in [0.29, 0.717) is 23.5 Å². The Morgan fingerprint density at radius 2 is 1.90 bits per heavy atom. The Morgan fingerprint density at radius 3 is 2.52 bits per heavy atom. The summed E-state index contributed by atoms with van der Waals surface area (Å²) in [6.45, 7) is 0. The van der Waals surface area contributed by atoms with Gasteiger partial charge in [0, 0.05) is 6.42 Å². The van der Waals surface area contributed by atoms with E-state index >= 15 is 0 Å². The molecule has 5 heteroatoms. The number of nitrogens with two attached hydrogens (primary N) is 1. The molecule has 0 bridgehead atoms. The van der Waals surface area contributed by atoms with Crippen molar-refractivity contribution in [1.82, 2.24) is 0 Å². The second-order valence-electron chi connectivity index (χ2n) is 5.98. The summed E-state index contributed by atoms with van der Waals surface area (Å²) in [4.78, 5) is 26.5. The Bertz CT molecular complexity index is 591. The van der Waals surface area contributed by atoms with E-state index in [1.165, 1.54) is 12.0 Å². The Balaban J connectivity index is 1.93. The van der Waals surface area contributed by atoms with Crippen LogP contribution in [0.1, 0.15) is 38.5 Å². The molecule has 2 N–H and O–H groups in total. The molecule has 1 aromatic carbocycles.